The van der Waals surface area contributed by atoms with Gasteiger partial charge < -0.3 is 30.4 Å². The first kappa shape index (κ1) is 28.3. The number of nitrogens with one attached hydrogen (secondary N) is 2. The number of carbonyl (C=O) groups excluding carboxylic acids is 3. The third-order valence-corrected chi connectivity index (χ3v) is 6.26. The number of amides is 2. The average Bonchev–Trinajstić information content (AvgIpc) is 3.19. The van der Waals surface area contributed by atoms with E-state index in [4.69, 9.17) is 38.4 Å². The van der Waals surface area contributed by atoms with E-state index in [0.29, 0.717) is 59.4 Å². The number of benzene rings is 1. The molecule has 0 bridgehead atoms. The number of hydrogen-bond acceptors (Lipinski definition) is 7. The first-order valence-corrected chi connectivity index (χ1v) is 12.5. The summed E-state index contributed by atoms with van der Waals surface area (Å²) in [5.41, 5.74) is 9.34. The highest BCUT2D eigenvalue weighted by molar-refractivity contribution is 6.45. The number of aliphatic imine (C=N–C) groups is 1. The van der Waals surface area contributed by atoms with Crippen molar-refractivity contribution in [2.45, 2.75) is 46.3 Å². The van der Waals surface area contributed by atoms with Crippen LogP contribution in [0.4, 0.5) is 4.79 Å². The minimum atomic E-state index is -0.570. The molecule has 2 heterocycles. The number of hydrogen-bond donors (Lipinski definition) is 3. The Bertz CT molecular complexity index is 1260. The Balaban J connectivity index is 1.78. The summed E-state index contributed by atoms with van der Waals surface area (Å²) in [4.78, 5) is 44.6. The smallest absolute Gasteiger partial charge is 0.407 e. The molecule has 10 nitrogen and oxygen atoms in total. The molecule has 2 aromatic rings. The zero-order valence-corrected chi connectivity index (χ0v) is 22.8. The maximum Gasteiger partial charge on any atom is 0.407 e. The van der Waals surface area contributed by atoms with E-state index in [1.54, 1.807) is 44.0 Å². The molecule has 0 unspecified atom stereocenters. The van der Waals surface area contributed by atoms with Gasteiger partial charge in [-0.2, -0.15) is 0 Å². The molecule has 1 aromatic carbocycles. The number of alkyl carbamates (subject to hydrolysis) is 1. The molecule has 1 aromatic heterocycles. The van der Waals surface area contributed by atoms with Crippen LogP contribution in [-0.4, -0.2) is 65.9 Å². The first-order valence-electron chi connectivity index (χ1n) is 11.7. The van der Waals surface area contributed by atoms with Crippen molar-refractivity contribution in [2.24, 2.45) is 10.7 Å². The average molecular weight is 552 g/mol. The molecule has 1 aliphatic rings. The van der Waals surface area contributed by atoms with Crippen molar-refractivity contribution in [1.29, 1.82) is 0 Å². The molecule has 37 heavy (non-hydrogen) atoms. The van der Waals surface area contributed by atoms with E-state index in [1.807, 2.05) is 0 Å². The van der Waals surface area contributed by atoms with Crippen LogP contribution in [0.1, 0.15) is 44.5 Å². The van der Waals surface area contributed by atoms with Gasteiger partial charge in [-0.25, -0.2) is 4.79 Å². The summed E-state index contributed by atoms with van der Waals surface area (Å²) in [6.07, 6.45) is 3.25. The highest BCUT2D eigenvalue weighted by Crippen LogP contribution is 2.39. The fraction of sp³-hybridized carbons (Fsp3) is 0.440. The lowest BCUT2D eigenvalue weighted by atomic mass is 9.99. The second-order valence-corrected chi connectivity index (χ2v) is 10.3. The SMILES string of the molecule is CC(=O)OCC(=O)N1CCc2[nH]c3c(Cl)c(Cl)cc(C(N)=CC=NCCNC(=O)OC(C)(C)C)c3c2C1. The van der Waals surface area contributed by atoms with Gasteiger partial charge in [0.15, 0.2) is 6.61 Å². The van der Waals surface area contributed by atoms with Gasteiger partial charge in [-0.1, -0.05) is 23.2 Å². The summed E-state index contributed by atoms with van der Waals surface area (Å²) in [5, 5.41) is 4.10. The van der Waals surface area contributed by atoms with Crippen molar-refractivity contribution in [3.8, 4) is 0 Å². The molecule has 3 rings (SSSR count). The molecular formula is C25H31Cl2N5O5. The molecule has 0 fully saturated rings. The topological polar surface area (TPSA) is 139 Å². The molecule has 0 aliphatic carbocycles. The highest BCUT2D eigenvalue weighted by atomic mass is 35.5. The number of aromatic amines is 1. The Hall–Kier alpha value is -3.24. The number of nitrogens with zero attached hydrogens (tertiary/aromatic N) is 2. The Kier molecular flexibility index (Phi) is 9.09. The number of nitrogens with two attached hydrogens (primary N) is 1. The van der Waals surface area contributed by atoms with E-state index in [1.165, 1.54) is 6.92 Å². The molecule has 200 valence electrons. The highest BCUT2D eigenvalue weighted by Gasteiger charge is 2.27. The number of allylic oxidation sites excluding steroid dienone is 1. The molecular weight excluding hydrogens is 521 g/mol. The Morgan fingerprint density at radius 3 is 2.70 bits per heavy atom. The summed E-state index contributed by atoms with van der Waals surface area (Å²) in [5.74, 6) is -0.797. The number of rotatable bonds is 7. The number of ether oxygens (including phenoxy) is 2. The van der Waals surface area contributed by atoms with E-state index in [9.17, 15) is 14.4 Å². The van der Waals surface area contributed by atoms with E-state index >= 15 is 0 Å². The van der Waals surface area contributed by atoms with Crippen molar-refractivity contribution < 1.29 is 23.9 Å². The Labute approximate surface area is 225 Å². The van der Waals surface area contributed by atoms with Gasteiger partial charge in [0.2, 0.25) is 0 Å². The minimum Gasteiger partial charge on any atom is -0.456 e. The van der Waals surface area contributed by atoms with E-state index in [0.717, 1.165) is 16.6 Å². The maximum absolute atomic E-state index is 12.6. The third-order valence-electron chi connectivity index (χ3n) is 5.47. The van der Waals surface area contributed by atoms with Crippen LogP contribution in [0.15, 0.2) is 17.1 Å². The molecule has 0 spiro atoms. The number of fused-ring (bicyclic) bond motifs is 3. The molecule has 0 atom stereocenters. The van der Waals surface area contributed by atoms with E-state index in [2.05, 4.69) is 15.3 Å². The molecule has 0 saturated heterocycles. The number of carbonyl (C=O) groups is 3. The fourth-order valence-electron chi connectivity index (χ4n) is 3.87. The first-order chi connectivity index (χ1) is 17.4. The van der Waals surface area contributed by atoms with Crippen molar-refractivity contribution >= 4 is 64.0 Å². The zero-order valence-electron chi connectivity index (χ0n) is 21.2. The summed E-state index contributed by atoms with van der Waals surface area (Å²) < 4.78 is 10.0. The standard InChI is InChI=1S/C25H31Cl2N5O5/c1-14(33)36-13-20(34)32-10-6-19-16(12-32)21-15(11-17(26)22(27)23(21)31-19)18(28)5-7-29-8-9-30-24(35)37-25(2,3)4/h5,7,11,31H,6,8-10,12-13,28H2,1-4H3,(H,30,35). The zero-order chi connectivity index (χ0) is 27.3. The second-order valence-electron chi connectivity index (χ2n) is 9.50. The largest absolute Gasteiger partial charge is 0.456 e. The van der Waals surface area contributed by atoms with Crippen LogP contribution in [0, 0.1) is 0 Å². The Morgan fingerprint density at radius 1 is 1.30 bits per heavy atom. The summed E-state index contributed by atoms with van der Waals surface area (Å²) in [7, 11) is 0. The van der Waals surface area contributed by atoms with Crippen LogP contribution in [0.5, 0.6) is 0 Å². The molecule has 1 aliphatic heterocycles. The Morgan fingerprint density at radius 2 is 2.03 bits per heavy atom. The van der Waals surface area contributed by atoms with Crippen LogP contribution < -0.4 is 11.1 Å². The number of H-pyrrole nitrogens is 1. The van der Waals surface area contributed by atoms with E-state index in [-0.39, 0.29) is 12.5 Å². The predicted molar refractivity (Wildman–Crippen MR) is 144 cm³/mol. The molecule has 12 heteroatoms. The summed E-state index contributed by atoms with van der Waals surface area (Å²) >= 11 is 12.9. The third kappa shape index (κ3) is 7.39. The van der Waals surface area contributed by atoms with Crippen molar-refractivity contribution in [1.82, 2.24) is 15.2 Å². The van der Waals surface area contributed by atoms with Gasteiger partial charge >= 0.3 is 12.1 Å². The fourth-order valence-corrected chi connectivity index (χ4v) is 4.27. The normalized spacial score (nSPS) is 14.1. The van der Waals surface area contributed by atoms with Gasteiger partial charge in [-0.3, -0.25) is 14.6 Å². The van der Waals surface area contributed by atoms with Crippen molar-refractivity contribution in [2.75, 3.05) is 26.2 Å². The van der Waals surface area contributed by atoms with Gasteiger partial charge in [0.1, 0.15) is 5.60 Å². The summed E-state index contributed by atoms with van der Waals surface area (Å²) in [6, 6.07) is 1.68. The second kappa shape index (κ2) is 11.9. The lowest BCUT2D eigenvalue weighted by molar-refractivity contribution is -0.150. The summed E-state index contributed by atoms with van der Waals surface area (Å²) in [6.45, 7) is 7.73. The van der Waals surface area contributed by atoms with Crippen LogP contribution in [0.2, 0.25) is 10.0 Å². The molecule has 0 radical (unpaired) electrons. The minimum absolute atomic E-state index is 0.285. The van der Waals surface area contributed by atoms with Gasteiger partial charge in [-0.05, 0) is 32.9 Å². The maximum atomic E-state index is 12.6. The number of esters is 1. The number of halogens is 2. The molecule has 4 N–H and O–H groups in total. The lowest BCUT2D eigenvalue weighted by Gasteiger charge is -2.27. The number of aromatic nitrogens is 1. The van der Waals surface area contributed by atoms with Crippen molar-refractivity contribution in [3.63, 3.8) is 0 Å². The van der Waals surface area contributed by atoms with E-state index < -0.39 is 17.7 Å². The van der Waals surface area contributed by atoms with Crippen LogP contribution in [0.3, 0.4) is 0 Å². The predicted octanol–water partition coefficient (Wildman–Crippen LogP) is 3.82. The van der Waals surface area contributed by atoms with Crippen LogP contribution >= 0.6 is 23.2 Å². The molecule has 2 amide bonds. The quantitative estimate of drug-likeness (QED) is 0.271. The van der Waals surface area contributed by atoms with Gasteiger partial charge in [0.25, 0.3) is 5.91 Å². The lowest BCUT2D eigenvalue weighted by Crippen LogP contribution is -2.38. The van der Waals surface area contributed by atoms with Crippen LogP contribution in [-0.2, 0) is 32.0 Å². The van der Waals surface area contributed by atoms with Crippen molar-refractivity contribution in [3.05, 3.63) is 39.0 Å². The molecule has 0 saturated carbocycles. The van der Waals surface area contributed by atoms with Gasteiger partial charge in [0.05, 0.1) is 22.1 Å². The van der Waals surface area contributed by atoms with Gasteiger partial charge in [0, 0.05) is 67.1 Å². The van der Waals surface area contributed by atoms with Gasteiger partial charge in [-0.15, -0.1) is 0 Å². The van der Waals surface area contributed by atoms with Crippen LogP contribution in [0.25, 0.3) is 16.6 Å². The monoisotopic (exact) mass is 551 g/mol.